The van der Waals surface area contributed by atoms with Crippen LogP contribution in [0.1, 0.15) is 12.0 Å². The molecule has 29 heavy (non-hydrogen) atoms. The van der Waals surface area contributed by atoms with Crippen molar-refractivity contribution in [3.05, 3.63) is 59.4 Å². The number of fused-ring (bicyclic) bond motifs is 1. The smallest absolute Gasteiger partial charge is 0.225 e. The highest BCUT2D eigenvalue weighted by molar-refractivity contribution is 7.80. The average molecular weight is 433 g/mol. The van der Waals surface area contributed by atoms with Gasteiger partial charge in [0.1, 0.15) is 6.10 Å². The van der Waals surface area contributed by atoms with E-state index in [1.54, 1.807) is 30.6 Å². The standard InChI is InChI=1S/C20H21ClN4O3S/c21-12-3-5-13(6-4-12)25-17-14(8-15(26)18(27)16(17)24-20(25)29)19(28)23-10-11-2-1-7-22-9-11/h1-7,9,14-18,26-27H,8,10H2,(H,23,28)(H,24,29)/t14-,15-,16-,17-,18+/m1/s1. The Kier molecular flexibility index (Phi) is 5.69. The van der Waals surface area contributed by atoms with E-state index in [9.17, 15) is 15.0 Å². The topological polar surface area (TPSA) is 97.7 Å². The number of aliphatic hydroxyl groups excluding tert-OH is 2. The van der Waals surface area contributed by atoms with Crippen LogP contribution in [0.15, 0.2) is 48.8 Å². The van der Waals surface area contributed by atoms with Crippen molar-refractivity contribution < 1.29 is 15.0 Å². The predicted octanol–water partition coefficient (Wildman–Crippen LogP) is 1.22. The zero-order valence-electron chi connectivity index (χ0n) is 15.4. The number of hydrogen-bond acceptors (Lipinski definition) is 5. The number of amides is 1. The SMILES string of the molecule is O=C(NCc1cccnc1)[C@@H]1C[C@@H](O)[C@H](O)[C@@H]2NC(=S)N(c3ccc(Cl)cc3)[C@@H]21. The molecule has 152 valence electrons. The molecule has 5 atom stereocenters. The Morgan fingerprint density at radius 2 is 2.07 bits per heavy atom. The van der Waals surface area contributed by atoms with Crippen molar-refractivity contribution in [1.29, 1.82) is 0 Å². The van der Waals surface area contributed by atoms with E-state index in [0.717, 1.165) is 11.3 Å². The maximum absolute atomic E-state index is 13.1. The van der Waals surface area contributed by atoms with Gasteiger partial charge < -0.3 is 25.7 Å². The first-order valence-electron chi connectivity index (χ1n) is 9.34. The molecule has 1 aromatic heterocycles. The fourth-order valence-electron chi connectivity index (χ4n) is 4.07. The zero-order valence-corrected chi connectivity index (χ0v) is 17.0. The largest absolute Gasteiger partial charge is 0.390 e. The van der Waals surface area contributed by atoms with E-state index in [1.165, 1.54) is 0 Å². The first-order chi connectivity index (χ1) is 14.0. The van der Waals surface area contributed by atoms with Crippen molar-refractivity contribution in [3.8, 4) is 0 Å². The molecule has 1 saturated carbocycles. The summed E-state index contributed by atoms with van der Waals surface area (Å²) in [6, 6.07) is 9.83. The molecule has 0 unspecified atom stereocenters. The molecule has 2 aliphatic rings. The van der Waals surface area contributed by atoms with Gasteiger partial charge in [0.2, 0.25) is 5.91 Å². The Labute approximate surface area is 178 Å². The summed E-state index contributed by atoms with van der Waals surface area (Å²) in [6.07, 6.45) is 1.44. The van der Waals surface area contributed by atoms with Crippen molar-refractivity contribution in [1.82, 2.24) is 15.6 Å². The molecule has 0 radical (unpaired) electrons. The summed E-state index contributed by atoms with van der Waals surface area (Å²) in [4.78, 5) is 18.9. The van der Waals surface area contributed by atoms with Crippen LogP contribution in [0.5, 0.6) is 0 Å². The summed E-state index contributed by atoms with van der Waals surface area (Å²) in [5.41, 5.74) is 1.65. The quantitative estimate of drug-likeness (QED) is 0.539. The van der Waals surface area contributed by atoms with Crippen LogP contribution in [0.3, 0.4) is 0 Å². The van der Waals surface area contributed by atoms with E-state index >= 15 is 0 Å². The minimum Gasteiger partial charge on any atom is -0.390 e. The number of halogens is 1. The molecule has 2 heterocycles. The number of hydrogen-bond donors (Lipinski definition) is 4. The maximum Gasteiger partial charge on any atom is 0.225 e. The Bertz CT molecular complexity index is 898. The van der Waals surface area contributed by atoms with Crippen LogP contribution in [0.25, 0.3) is 0 Å². The van der Waals surface area contributed by atoms with Gasteiger partial charge in [0.25, 0.3) is 0 Å². The Morgan fingerprint density at radius 1 is 1.31 bits per heavy atom. The minimum atomic E-state index is -1.03. The lowest BCUT2D eigenvalue weighted by atomic mass is 9.77. The number of nitrogens with one attached hydrogen (secondary N) is 2. The summed E-state index contributed by atoms with van der Waals surface area (Å²) < 4.78 is 0. The van der Waals surface area contributed by atoms with Crippen LogP contribution in [-0.4, -0.2) is 50.5 Å². The minimum absolute atomic E-state index is 0.135. The van der Waals surface area contributed by atoms with Crippen LogP contribution >= 0.6 is 23.8 Å². The number of benzene rings is 1. The number of carbonyl (C=O) groups excluding carboxylic acids is 1. The number of carbonyl (C=O) groups is 1. The molecule has 1 aliphatic heterocycles. The lowest BCUT2D eigenvalue weighted by Gasteiger charge is -2.41. The second-order valence-electron chi connectivity index (χ2n) is 7.29. The van der Waals surface area contributed by atoms with E-state index in [2.05, 4.69) is 15.6 Å². The summed E-state index contributed by atoms with van der Waals surface area (Å²) in [6.45, 7) is 0.331. The molecule has 4 rings (SSSR count). The third-order valence-electron chi connectivity index (χ3n) is 5.48. The van der Waals surface area contributed by atoms with Gasteiger partial charge in [0, 0.05) is 29.6 Å². The van der Waals surface area contributed by atoms with Gasteiger partial charge in [-0.2, -0.15) is 0 Å². The maximum atomic E-state index is 13.1. The van der Waals surface area contributed by atoms with Gasteiger partial charge in [-0.1, -0.05) is 17.7 Å². The molecule has 1 amide bonds. The highest BCUT2D eigenvalue weighted by Gasteiger charge is 2.53. The molecule has 4 N–H and O–H groups in total. The Hall–Kier alpha value is -2.26. The van der Waals surface area contributed by atoms with Crippen molar-refractivity contribution in [2.75, 3.05) is 4.90 Å². The fraction of sp³-hybridized carbons (Fsp3) is 0.350. The normalized spacial score (nSPS) is 28.6. The fourth-order valence-corrected chi connectivity index (χ4v) is 4.55. The van der Waals surface area contributed by atoms with Crippen LogP contribution in [-0.2, 0) is 11.3 Å². The van der Waals surface area contributed by atoms with E-state index in [0.29, 0.717) is 16.7 Å². The van der Waals surface area contributed by atoms with Gasteiger partial charge in [-0.15, -0.1) is 0 Å². The van der Waals surface area contributed by atoms with E-state index in [1.807, 2.05) is 23.1 Å². The van der Waals surface area contributed by atoms with Gasteiger partial charge in [-0.05, 0) is 54.5 Å². The number of aromatic nitrogens is 1. The third-order valence-corrected chi connectivity index (χ3v) is 6.04. The summed E-state index contributed by atoms with van der Waals surface area (Å²) in [5.74, 6) is -0.779. The molecule has 9 heteroatoms. The van der Waals surface area contributed by atoms with Crippen molar-refractivity contribution in [2.24, 2.45) is 5.92 Å². The predicted molar refractivity (Wildman–Crippen MR) is 113 cm³/mol. The molecule has 1 aromatic carbocycles. The van der Waals surface area contributed by atoms with Gasteiger partial charge in [0.15, 0.2) is 5.11 Å². The Balaban J connectivity index is 1.60. The van der Waals surface area contributed by atoms with Crippen molar-refractivity contribution >= 4 is 40.5 Å². The highest BCUT2D eigenvalue weighted by Crippen LogP contribution is 2.37. The number of thiocarbonyl (C=S) groups is 1. The third kappa shape index (κ3) is 3.93. The molecule has 1 aliphatic carbocycles. The highest BCUT2D eigenvalue weighted by atomic mass is 35.5. The summed E-state index contributed by atoms with van der Waals surface area (Å²) in [5, 5.41) is 27.9. The molecule has 2 aromatic rings. The molecule has 1 saturated heterocycles. The van der Waals surface area contributed by atoms with Crippen molar-refractivity contribution in [2.45, 2.75) is 37.3 Å². The summed E-state index contributed by atoms with van der Waals surface area (Å²) >= 11 is 11.5. The van der Waals surface area contributed by atoms with Crippen LogP contribution in [0, 0.1) is 5.92 Å². The van der Waals surface area contributed by atoms with Crippen LogP contribution in [0.4, 0.5) is 5.69 Å². The lowest BCUT2D eigenvalue weighted by molar-refractivity contribution is -0.131. The zero-order chi connectivity index (χ0) is 20.5. The first-order valence-corrected chi connectivity index (χ1v) is 10.1. The van der Waals surface area contributed by atoms with E-state index in [4.69, 9.17) is 23.8 Å². The van der Waals surface area contributed by atoms with Gasteiger partial charge >= 0.3 is 0 Å². The summed E-state index contributed by atoms with van der Waals surface area (Å²) in [7, 11) is 0. The molecular formula is C20H21ClN4O3S. The molecular weight excluding hydrogens is 412 g/mol. The molecule has 0 spiro atoms. The molecule has 0 bridgehead atoms. The van der Waals surface area contributed by atoms with Crippen molar-refractivity contribution in [3.63, 3.8) is 0 Å². The van der Waals surface area contributed by atoms with Crippen LogP contribution in [0.2, 0.25) is 5.02 Å². The molecule has 7 nitrogen and oxygen atoms in total. The van der Waals surface area contributed by atoms with Gasteiger partial charge in [0.05, 0.1) is 24.1 Å². The lowest BCUT2D eigenvalue weighted by Crippen LogP contribution is -2.60. The second kappa shape index (κ2) is 8.23. The van der Waals surface area contributed by atoms with Gasteiger partial charge in [-0.3, -0.25) is 9.78 Å². The number of anilines is 1. The van der Waals surface area contributed by atoms with E-state index in [-0.39, 0.29) is 12.3 Å². The van der Waals surface area contributed by atoms with Crippen LogP contribution < -0.4 is 15.5 Å². The molecule has 2 fully saturated rings. The number of rotatable bonds is 4. The number of pyridine rings is 1. The second-order valence-corrected chi connectivity index (χ2v) is 8.11. The van der Waals surface area contributed by atoms with Gasteiger partial charge in [-0.25, -0.2) is 0 Å². The first kappa shape index (κ1) is 20.0. The monoisotopic (exact) mass is 432 g/mol. The number of nitrogens with zero attached hydrogens (tertiary/aromatic N) is 2. The van der Waals surface area contributed by atoms with E-state index < -0.39 is 30.2 Å². The Morgan fingerprint density at radius 3 is 2.76 bits per heavy atom. The number of aliphatic hydroxyl groups is 2. The average Bonchev–Trinajstić information content (AvgIpc) is 3.07.